The number of carbonyl (C=O) groups excluding carboxylic acids is 1. The van der Waals surface area contributed by atoms with Crippen LogP contribution in [-0.2, 0) is 9.59 Å². The highest BCUT2D eigenvalue weighted by Gasteiger charge is 2.40. The van der Waals surface area contributed by atoms with E-state index in [4.69, 9.17) is 5.11 Å². The fourth-order valence-corrected chi connectivity index (χ4v) is 3.44. The number of benzene rings is 1. The van der Waals surface area contributed by atoms with Crippen molar-refractivity contribution in [3.63, 3.8) is 0 Å². The summed E-state index contributed by atoms with van der Waals surface area (Å²) < 4.78 is 12.9. The predicted molar refractivity (Wildman–Crippen MR) is 65.5 cm³/mol. The zero-order chi connectivity index (χ0) is 13.3. The molecule has 1 amide bonds. The number of amides is 1. The van der Waals surface area contributed by atoms with Crippen LogP contribution in [0.15, 0.2) is 24.3 Å². The van der Waals surface area contributed by atoms with Crippen LogP contribution < -0.4 is 0 Å². The molecule has 1 aromatic carbocycles. The van der Waals surface area contributed by atoms with Gasteiger partial charge in [0.2, 0.25) is 5.91 Å². The van der Waals surface area contributed by atoms with Gasteiger partial charge in [0.1, 0.15) is 17.2 Å². The first-order valence-corrected chi connectivity index (χ1v) is 6.44. The number of carboxylic acids is 1. The molecule has 0 saturated carbocycles. The van der Waals surface area contributed by atoms with E-state index in [9.17, 15) is 14.0 Å². The molecule has 2 atom stereocenters. The van der Waals surface area contributed by atoms with Gasteiger partial charge in [0, 0.05) is 12.7 Å². The summed E-state index contributed by atoms with van der Waals surface area (Å²) in [5, 5.41) is 8.72. The fraction of sp³-hybridized carbons (Fsp3) is 0.333. The second-order valence-electron chi connectivity index (χ2n) is 4.02. The Balaban J connectivity index is 2.30. The number of carboxylic acid groups (broad SMARTS) is 1. The lowest BCUT2D eigenvalue weighted by Crippen LogP contribution is -2.41. The Morgan fingerprint density at radius 1 is 1.39 bits per heavy atom. The fourth-order valence-electron chi connectivity index (χ4n) is 1.97. The van der Waals surface area contributed by atoms with Crippen LogP contribution in [-0.4, -0.2) is 33.7 Å². The lowest BCUT2D eigenvalue weighted by atomic mass is 10.1. The molecule has 0 unspecified atom stereocenters. The normalized spacial score (nSPS) is 23.1. The summed E-state index contributed by atoms with van der Waals surface area (Å²) in [6.07, 6.45) is 0. The number of thioether (sulfide) groups is 1. The molecule has 18 heavy (non-hydrogen) atoms. The molecule has 0 bridgehead atoms. The van der Waals surface area contributed by atoms with E-state index in [2.05, 4.69) is 0 Å². The lowest BCUT2D eigenvalue weighted by Gasteiger charge is -2.26. The largest absolute Gasteiger partial charge is 0.480 e. The molecule has 1 aliphatic rings. The SMILES string of the molecule is CC(=O)N1[C@H](C(=O)O)CS[C@H]1c1ccc(F)cc1. The highest BCUT2D eigenvalue weighted by molar-refractivity contribution is 7.99. The van der Waals surface area contributed by atoms with Gasteiger partial charge in [0.25, 0.3) is 0 Å². The van der Waals surface area contributed by atoms with Crippen LogP contribution in [0.1, 0.15) is 17.9 Å². The summed E-state index contributed by atoms with van der Waals surface area (Å²) in [5.74, 6) is -1.31. The zero-order valence-corrected chi connectivity index (χ0v) is 10.5. The first-order chi connectivity index (χ1) is 8.50. The number of nitrogens with zero attached hydrogens (tertiary/aromatic N) is 1. The van der Waals surface area contributed by atoms with Gasteiger partial charge in [-0.05, 0) is 17.7 Å². The summed E-state index contributed by atoms with van der Waals surface area (Å²) in [5.41, 5.74) is 0.736. The molecule has 1 fully saturated rings. The molecule has 1 saturated heterocycles. The standard InChI is InChI=1S/C12H12FNO3S/c1-7(15)14-10(12(16)17)6-18-11(14)8-2-4-9(13)5-3-8/h2-5,10-11H,6H2,1H3,(H,16,17)/t10-,11-/m0/s1. The maximum Gasteiger partial charge on any atom is 0.327 e. The van der Waals surface area contributed by atoms with Crippen molar-refractivity contribution in [1.82, 2.24) is 4.90 Å². The van der Waals surface area contributed by atoms with Gasteiger partial charge in [-0.3, -0.25) is 4.79 Å². The third-order valence-electron chi connectivity index (χ3n) is 2.80. The Kier molecular flexibility index (Phi) is 3.56. The third-order valence-corrected chi connectivity index (χ3v) is 4.13. The summed E-state index contributed by atoms with van der Waals surface area (Å²) in [4.78, 5) is 24.0. The highest BCUT2D eigenvalue weighted by Crippen LogP contribution is 2.41. The molecule has 1 heterocycles. The maximum absolute atomic E-state index is 12.9. The highest BCUT2D eigenvalue weighted by atomic mass is 32.2. The van der Waals surface area contributed by atoms with Crippen molar-refractivity contribution in [2.75, 3.05) is 5.75 Å². The molecular formula is C12H12FNO3S. The Morgan fingerprint density at radius 2 is 2.00 bits per heavy atom. The molecule has 96 valence electrons. The molecule has 1 aliphatic heterocycles. The maximum atomic E-state index is 12.9. The van der Waals surface area contributed by atoms with Crippen molar-refractivity contribution in [1.29, 1.82) is 0 Å². The quantitative estimate of drug-likeness (QED) is 0.890. The smallest absolute Gasteiger partial charge is 0.327 e. The van der Waals surface area contributed by atoms with Crippen LogP contribution in [0.3, 0.4) is 0 Å². The van der Waals surface area contributed by atoms with Crippen molar-refractivity contribution in [2.45, 2.75) is 18.3 Å². The average molecular weight is 269 g/mol. The first kappa shape index (κ1) is 12.9. The van der Waals surface area contributed by atoms with Gasteiger partial charge < -0.3 is 10.0 Å². The number of hydrogen-bond acceptors (Lipinski definition) is 3. The van der Waals surface area contributed by atoms with Crippen LogP contribution in [0.25, 0.3) is 0 Å². The number of aliphatic carboxylic acids is 1. The number of carbonyl (C=O) groups is 2. The molecule has 6 heteroatoms. The van der Waals surface area contributed by atoms with E-state index in [-0.39, 0.29) is 17.1 Å². The van der Waals surface area contributed by atoms with Crippen molar-refractivity contribution in [2.24, 2.45) is 0 Å². The van der Waals surface area contributed by atoms with Crippen LogP contribution >= 0.6 is 11.8 Å². The van der Waals surface area contributed by atoms with Crippen LogP contribution in [0, 0.1) is 5.82 Å². The minimum absolute atomic E-state index is 0.290. The molecule has 0 aliphatic carbocycles. The van der Waals surface area contributed by atoms with Gasteiger partial charge in [-0.1, -0.05) is 12.1 Å². The van der Waals surface area contributed by atoms with E-state index in [0.29, 0.717) is 5.75 Å². The molecular weight excluding hydrogens is 257 g/mol. The third kappa shape index (κ3) is 2.33. The monoisotopic (exact) mass is 269 g/mol. The zero-order valence-electron chi connectivity index (χ0n) is 9.67. The minimum atomic E-state index is -1.01. The average Bonchev–Trinajstić information content (AvgIpc) is 2.74. The Labute approximate surface area is 108 Å². The van der Waals surface area contributed by atoms with Crippen molar-refractivity contribution in [3.05, 3.63) is 35.6 Å². The Hall–Kier alpha value is -1.56. The molecule has 0 aromatic heterocycles. The molecule has 2 rings (SSSR count). The van der Waals surface area contributed by atoms with E-state index in [1.807, 2.05) is 0 Å². The topological polar surface area (TPSA) is 57.6 Å². The second-order valence-corrected chi connectivity index (χ2v) is 5.13. The summed E-state index contributed by atoms with van der Waals surface area (Å²) >= 11 is 1.38. The van der Waals surface area contributed by atoms with Crippen molar-refractivity contribution in [3.8, 4) is 0 Å². The summed E-state index contributed by atoms with van der Waals surface area (Å²) in [6, 6.07) is 4.95. The molecule has 0 radical (unpaired) electrons. The molecule has 0 spiro atoms. The van der Waals surface area contributed by atoms with Crippen LogP contribution in [0.4, 0.5) is 4.39 Å². The van der Waals surface area contributed by atoms with Crippen LogP contribution in [0.2, 0.25) is 0 Å². The first-order valence-electron chi connectivity index (χ1n) is 5.39. The van der Waals surface area contributed by atoms with Gasteiger partial charge in [0.05, 0.1) is 0 Å². The lowest BCUT2D eigenvalue weighted by molar-refractivity contribution is -0.148. The van der Waals surface area contributed by atoms with E-state index in [1.165, 1.54) is 35.7 Å². The van der Waals surface area contributed by atoms with Crippen LogP contribution in [0.5, 0.6) is 0 Å². The van der Waals surface area contributed by atoms with Gasteiger partial charge in [0.15, 0.2) is 0 Å². The minimum Gasteiger partial charge on any atom is -0.480 e. The molecule has 1 aromatic rings. The number of hydrogen-bond donors (Lipinski definition) is 1. The van der Waals surface area contributed by atoms with E-state index in [1.54, 1.807) is 12.1 Å². The second kappa shape index (κ2) is 4.97. The Bertz CT molecular complexity index is 477. The van der Waals surface area contributed by atoms with Gasteiger partial charge in [-0.2, -0.15) is 0 Å². The molecule has 4 nitrogen and oxygen atoms in total. The summed E-state index contributed by atoms with van der Waals surface area (Å²) in [6.45, 7) is 1.35. The Morgan fingerprint density at radius 3 is 2.50 bits per heavy atom. The molecule has 1 N–H and O–H groups in total. The number of rotatable bonds is 2. The number of halogens is 1. The van der Waals surface area contributed by atoms with Gasteiger partial charge in [-0.15, -0.1) is 11.8 Å². The predicted octanol–water partition coefficient (Wildman–Crippen LogP) is 1.87. The summed E-state index contributed by atoms with van der Waals surface area (Å²) in [7, 11) is 0. The van der Waals surface area contributed by atoms with E-state index >= 15 is 0 Å². The van der Waals surface area contributed by atoms with E-state index in [0.717, 1.165) is 5.56 Å². The van der Waals surface area contributed by atoms with Gasteiger partial charge >= 0.3 is 5.97 Å². The van der Waals surface area contributed by atoms with Crippen molar-refractivity contribution >= 4 is 23.6 Å². The van der Waals surface area contributed by atoms with Gasteiger partial charge in [-0.25, -0.2) is 9.18 Å². The van der Waals surface area contributed by atoms with Crippen molar-refractivity contribution < 1.29 is 19.1 Å². The van der Waals surface area contributed by atoms with E-state index < -0.39 is 12.0 Å².